The molecule has 0 radical (unpaired) electrons. The Morgan fingerprint density at radius 3 is 2.30 bits per heavy atom. The van der Waals surface area contributed by atoms with Crippen LogP contribution in [-0.2, 0) is 0 Å². The third-order valence-corrected chi connectivity index (χ3v) is 4.83. The predicted octanol–water partition coefficient (Wildman–Crippen LogP) is 1.58. The van der Waals surface area contributed by atoms with E-state index >= 15 is 0 Å². The highest BCUT2D eigenvalue weighted by Gasteiger charge is 2.21. The summed E-state index contributed by atoms with van der Waals surface area (Å²) in [4.78, 5) is 19.3. The summed E-state index contributed by atoms with van der Waals surface area (Å²) in [7, 11) is 8.27. The predicted molar refractivity (Wildman–Crippen MR) is 113 cm³/mol. The minimum Gasteiger partial charge on any atom is -0.337 e. The molecule has 1 fully saturated rings. The van der Waals surface area contributed by atoms with Gasteiger partial charge < -0.3 is 20.0 Å². The van der Waals surface area contributed by atoms with Crippen LogP contribution in [0.15, 0.2) is 12.3 Å². The lowest BCUT2D eigenvalue weighted by Crippen LogP contribution is -2.36. The van der Waals surface area contributed by atoms with Gasteiger partial charge in [0.15, 0.2) is 0 Å². The maximum atomic E-state index is 13.0. The number of carbonyl (C=O) groups excluding carboxylic acids is 1. The van der Waals surface area contributed by atoms with Gasteiger partial charge in [-0.05, 0) is 79.6 Å². The molecular formula is C19H37ClN6O. The highest BCUT2D eigenvalue weighted by molar-refractivity contribution is 5.92. The Bertz CT molecular complexity index is 528. The van der Waals surface area contributed by atoms with Crippen molar-refractivity contribution in [3.05, 3.63) is 18.0 Å². The number of hydrogen-bond acceptors (Lipinski definition) is 5. The van der Waals surface area contributed by atoms with E-state index in [2.05, 4.69) is 48.4 Å². The fourth-order valence-electron chi connectivity index (χ4n) is 3.35. The lowest BCUT2D eigenvalue weighted by molar-refractivity contribution is 0.0737. The summed E-state index contributed by atoms with van der Waals surface area (Å²) in [5.74, 6) is 0.0602. The average molecular weight is 401 g/mol. The molecule has 1 atom stereocenters. The summed E-state index contributed by atoms with van der Waals surface area (Å²) in [6.45, 7) is 5.55. The van der Waals surface area contributed by atoms with Gasteiger partial charge in [0.2, 0.25) is 0 Å². The molecule has 0 saturated carbocycles. The normalized spacial score (nSPS) is 17.2. The number of rotatable bonds is 10. The molecule has 0 aliphatic carbocycles. The summed E-state index contributed by atoms with van der Waals surface area (Å²) in [5.41, 5.74) is 0.574. The number of hydrogen-bond donors (Lipinski definition) is 1. The molecular weight excluding hydrogens is 364 g/mol. The first-order valence-corrected chi connectivity index (χ1v) is 9.82. The largest absolute Gasteiger partial charge is 0.337 e. The number of nitrogens with zero attached hydrogens (tertiary/aromatic N) is 5. The second-order valence-electron chi connectivity index (χ2n) is 7.79. The second kappa shape index (κ2) is 12.3. The molecule has 1 aliphatic heterocycles. The van der Waals surface area contributed by atoms with Gasteiger partial charge in [-0.2, -0.15) is 5.10 Å². The molecule has 8 heteroatoms. The Morgan fingerprint density at radius 1 is 1.15 bits per heavy atom. The van der Waals surface area contributed by atoms with Crippen LogP contribution in [0, 0.1) is 0 Å². The molecule has 1 aliphatic rings. The quantitative estimate of drug-likeness (QED) is 0.646. The molecule has 1 N–H and O–H groups in total. The number of aromatic nitrogens is 2. The first-order valence-electron chi connectivity index (χ1n) is 9.82. The van der Waals surface area contributed by atoms with E-state index in [-0.39, 0.29) is 18.3 Å². The van der Waals surface area contributed by atoms with Crippen molar-refractivity contribution in [3.8, 4) is 0 Å². The van der Waals surface area contributed by atoms with E-state index in [1.807, 2.05) is 21.8 Å². The van der Waals surface area contributed by atoms with Crippen molar-refractivity contribution in [1.29, 1.82) is 0 Å². The van der Waals surface area contributed by atoms with E-state index in [0.29, 0.717) is 11.7 Å². The van der Waals surface area contributed by atoms with Gasteiger partial charge >= 0.3 is 0 Å². The van der Waals surface area contributed by atoms with E-state index in [1.54, 1.807) is 0 Å². The van der Waals surface area contributed by atoms with E-state index in [1.165, 1.54) is 0 Å². The molecule has 27 heavy (non-hydrogen) atoms. The smallest absolute Gasteiger partial charge is 0.274 e. The highest BCUT2D eigenvalue weighted by atomic mass is 35.5. The number of piperidine rings is 1. The van der Waals surface area contributed by atoms with Crippen LogP contribution < -0.4 is 5.32 Å². The summed E-state index contributed by atoms with van der Waals surface area (Å²) in [6.07, 6.45) is 6.21. The SMILES string of the molecule is CN(C)CCCN(CCCN(C)C)C(=O)c1ccn(C2CCCNC2)n1.Cl. The third-order valence-electron chi connectivity index (χ3n) is 4.83. The number of amides is 1. The molecule has 156 valence electrons. The van der Waals surface area contributed by atoms with E-state index < -0.39 is 0 Å². The Labute approximate surface area is 170 Å². The minimum absolute atomic E-state index is 0. The molecule has 0 aromatic carbocycles. The maximum Gasteiger partial charge on any atom is 0.274 e. The van der Waals surface area contributed by atoms with Crippen LogP contribution in [0.4, 0.5) is 0 Å². The van der Waals surface area contributed by atoms with Gasteiger partial charge in [-0.15, -0.1) is 12.4 Å². The molecule has 2 heterocycles. The first kappa shape index (κ1) is 23.9. The van der Waals surface area contributed by atoms with Crippen molar-refractivity contribution in [2.24, 2.45) is 0 Å². The van der Waals surface area contributed by atoms with Crippen molar-refractivity contribution >= 4 is 18.3 Å². The Hall–Kier alpha value is -1.15. The average Bonchev–Trinajstić information content (AvgIpc) is 3.10. The molecule has 0 bridgehead atoms. The molecule has 1 amide bonds. The molecule has 1 unspecified atom stereocenters. The fourth-order valence-corrected chi connectivity index (χ4v) is 3.35. The lowest BCUT2D eigenvalue weighted by Gasteiger charge is -2.24. The van der Waals surface area contributed by atoms with Gasteiger partial charge in [0.1, 0.15) is 5.69 Å². The van der Waals surface area contributed by atoms with Crippen LogP contribution in [0.3, 0.4) is 0 Å². The maximum absolute atomic E-state index is 13.0. The summed E-state index contributed by atoms with van der Waals surface area (Å²) < 4.78 is 1.97. The van der Waals surface area contributed by atoms with Crippen LogP contribution in [0.1, 0.15) is 42.2 Å². The van der Waals surface area contributed by atoms with Crippen LogP contribution >= 0.6 is 12.4 Å². The van der Waals surface area contributed by atoms with Crippen molar-refractivity contribution in [2.45, 2.75) is 31.7 Å². The van der Waals surface area contributed by atoms with Gasteiger partial charge in [-0.25, -0.2) is 0 Å². The van der Waals surface area contributed by atoms with E-state index in [4.69, 9.17) is 0 Å². The Kier molecular flexibility index (Phi) is 10.9. The summed E-state index contributed by atoms with van der Waals surface area (Å²) in [5, 5.41) is 8.01. The fraction of sp³-hybridized carbons (Fsp3) is 0.789. The zero-order valence-corrected chi connectivity index (χ0v) is 18.2. The third kappa shape index (κ3) is 8.17. The zero-order valence-electron chi connectivity index (χ0n) is 17.4. The van der Waals surface area contributed by atoms with Gasteiger partial charge in [-0.1, -0.05) is 0 Å². The highest BCUT2D eigenvalue weighted by Crippen LogP contribution is 2.16. The van der Waals surface area contributed by atoms with E-state index in [9.17, 15) is 4.79 Å². The molecule has 2 rings (SSSR count). The zero-order chi connectivity index (χ0) is 18.9. The standard InChI is InChI=1S/C19H36N6O.ClH/c1-22(2)11-6-13-24(14-7-12-23(3)4)19(26)18-9-15-25(21-18)17-8-5-10-20-16-17;/h9,15,17,20H,5-8,10-14,16H2,1-4H3;1H. The Balaban J connectivity index is 0.00000364. The van der Waals surface area contributed by atoms with Crippen LogP contribution in [0.25, 0.3) is 0 Å². The van der Waals surface area contributed by atoms with Gasteiger partial charge in [-0.3, -0.25) is 9.48 Å². The molecule has 1 aromatic rings. The van der Waals surface area contributed by atoms with Crippen LogP contribution in [0.2, 0.25) is 0 Å². The number of nitrogens with one attached hydrogen (secondary N) is 1. The van der Waals surface area contributed by atoms with Gasteiger partial charge in [0.05, 0.1) is 6.04 Å². The second-order valence-corrected chi connectivity index (χ2v) is 7.79. The molecule has 0 spiro atoms. The minimum atomic E-state index is 0. The monoisotopic (exact) mass is 400 g/mol. The van der Waals surface area contributed by atoms with E-state index in [0.717, 1.165) is 65.0 Å². The number of halogens is 1. The van der Waals surface area contributed by atoms with Crippen molar-refractivity contribution in [2.75, 3.05) is 67.5 Å². The van der Waals surface area contributed by atoms with Crippen molar-refractivity contribution in [1.82, 2.24) is 29.8 Å². The molecule has 7 nitrogen and oxygen atoms in total. The summed E-state index contributed by atoms with van der Waals surface area (Å²) >= 11 is 0. The molecule has 1 aromatic heterocycles. The topological polar surface area (TPSA) is 56.6 Å². The lowest BCUT2D eigenvalue weighted by atomic mass is 10.1. The molecule has 1 saturated heterocycles. The Morgan fingerprint density at radius 2 is 1.78 bits per heavy atom. The number of carbonyl (C=O) groups is 1. The van der Waals surface area contributed by atoms with Crippen molar-refractivity contribution in [3.63, 3.8) is 0 Å². The summed E-state index contributed by atoms with van der Waals surface area (Å²) in [6, 6.07) is 2.24. The first-order chi connectivity index (χ1) is 12.5. The van der Waals surface area contributed by atoms with Crippen LogP contribution in [-0.4, -0.2) is 97.8 Å². The van der Waals surface area contributed by atoms with Crippen LogP contribution in [0.5, 0.6) is 0 Å². The van der Waals surface area contributed by atoms with Gasteiger partial charge in [0, 0.05) is 25.8 Å². The van der Waals surface area contributed by atoms with Crippen molar-refractivity contribution < 1.29 is 4.79 Å². The van der Waals surface area contributed by atoms with Gasteiger partial charge in [0.25, 0.3) is 5.91 Å².